The van der Waals surface area contributed by atoms with Gasteiger partial charge >= 0.3 is 6.03 Å². The van der Waals surface area contributed by atoms with E-state index in [1.54, 1.807) is 12.0 Å². The van der Waals surface area contributed by atoms with Gasteiger partial charge in [-0.2, -0.15) is 0 Å². The van der Waals surface area contributed by atoms with Gasteiger partial charge in [-0.25, -0.2) is 4.79 Å². The maximum atomic E-state index is 13.9. The summed E-state index contributed by atoms with van der Waals surface area (Å²) in [6.45, 7) is 4.92. The Morgan fingerprint density at radius 1 is 1.06 bits per heavy atom. The van der Waals surface area contributed by atoms with E-state index in [1.165, 1.54) is 11.1 Å². The Hall–Kier alpha value is -3.26. The second-order valence-electron chi connectivity index (χ2n) is 9.87. The van der Waals surface area contributed by atoms with Crippen LogP contribution in [0.25, 0.3) is 0 Å². The van der Waals surface area contributed by atoms with Crippen LogP contribution in [0.1, 0.15) is 36.5 Å². The summed E-state index contributed by atoms with van der Waals surface area (Å²) in [5.74, 6) is 2.02. The predicted octanol–water partition coefficient (Wildman–Crippen LogP) is 3.21. The quantitative estimate of drug-likeness (QED) is 0.616. The molecule has 184 valence electrons. The minimum absolute atomic E-state index is 0.00782. The number of hydrogen-bond acceptors (Lipinski definition) is 6. The molecule has 0 radical (unpaired) electrons. The van der Waals surface area contributed by atoms with Crippen LogP contribution in [0, 0.1) is 0 Å². The molecular formula is C27H31N3O5. The molecule has 3 heterocycles. The number of likely N-dealkylation sites (N-methyl/N-ethyl adjacent to an activating group) is 1. The number of nitrogens with zero attached hydrogens (tertiary/aromatic N) is 3. The second kappa shape index (κ2) is 8.45. The molecule has 0 aromatic heterocycles. The highest BCUT2D eigenvalue weighted by Crippen LogP contribution is 2.43. The third-order valence-corrected chi connectivity index (χ3v) is 8.09. The lowest BCUT2D eigenvalue weighted by Crippen LogP contribution is -2.56. The maximum absolute atomic E-state index is 13.9. The fourth-order valence-electron chi connectivity index (χ4n) is 6.32. The third-order valence-electron chi connectivity index (χ3n) is 8.09. The van der Waals surface area contributed by atoms with Gasteiger partial charge in [0, 0.05) is 32.2 Å². The number of benzene rings is 2. The highest BCUT2D eigenvalue weighted by atomic mass is 16.7. The van der Waals surface area contributed by atoms with Gasteiger partial charge in [0.25, 0.3) is 5.91 Å². The van der Waals surface area contributed by atoms with Crippen LogP contribution < -0.4 is 14.2 Å². The lowest BCUT2D eigenvalue weighted by Gasteiger charge is -2.42. The van der Waals surface area contributed by atoms with E-state index in [0.29, 0.717) is 36.6 Å². The number of fused-ring (bicyclic) bond motifs is 2. The van der Waals surface area contributed by atoms with Gasteiger partial charge in [0.05, 0.1) is 7.11 Å². The molecule has 8 nitrogen and oxygen atoms in total. The largest absolute Gasteiger partial charge is 0.493 e. The summed E-state index contributed by atoms with van der Waals surface area (Å²) in [5, 5.41) is 0. The van der Waals surface area contributed by atoms with E-state index in [1.807, 2.05) is 36.1 Å². The number of methoxy groups -OCH3 is 1. The van der Waals surface area contributed by atoms with Crippen molar-refractivity contribution in [2.75, 3.05) is 33.5 Å². The van der Waals surface area contributed by atoms with Crippen molar-refractivity contribution in [3.63, 3.8) is 0 Å². The van der Waals surface area contributed by atoms with E-state index < -0.39 is 5.54 Å². The summed E-state index contributed by atoms with van der Waals surface area (Å²) in [6.07, 6.45) is 2.78. The Kier molecular flexibility index (Phi) is 5.36. The Bertz CT molecular complexity index is 1150. The fourth-order valence-corrected chi connectivity index (χ4v) is 6.32. The van der Waals surface area contributed by atoms with E-state index in [-0.39, 0.29) is 24.8 Å². The summed E-state index contributed by atoms with van der Waals surface area (Å²) < 4.78 is 16.6. The van der Waals surface area contributed by atoms with Crippen LogP contribution in [0.5, 0.6) is 17.2 Å². The number of carbonyl (C=O) groups excluding carboxylic acids is 2. The molecule has 35 heavy (non-hydrogen) atoms. The van der Waals surface area contributed by atoms with Crippen LogP contribution in [0.3, 0.4) is 0 Å². The molecule has 2 aromatic rings. The lowest BCUT2D eigenvalue weighted by atomic mass is 9.85. The Balaban J connectivity index is 1.18. The van der Waals surface area contributed by atoms with Crippen LogP contribution >= 0.6 is 0 Å². The second-order valence-corrected chi connectivity index (χ2v) is 9.87. The third kappa shape index (κ3) is 3.45. The number of hydrogen-bond donors (Lipinski definition) is 0. The molecular weight excluding hydrogens is 446 g/mol. The van der Waals surface area contributed by atoms with Gasteiger partial charge in [-0.1, -0.05) is 24.3 Å². The van der Waals surface area contributed by atoms with Gasteiger partial charge in [-0.05, 0) is 61.4 Å². The zero-order chi connectivity index (χ0) is 24.2. The number of likely N-dealkylation sites (tertiary alicyclic amines) is 1. The van der Waals surface area contributed by atoms with Gasteiger partial charge in [-0.3, -0.25) is 14.6 Å². The van der Waals surface area contributed by atoms with E-state index in [9.17, 15) is 9.59 Å². The average Bonchev–Trinajstić information content (AvgIpc) is 3.56. The van der Waals surface area contributed by atoms with Crippen LogP contribution in [-0.2, 0) is 24.2 Å². The van der Waals surface area contributed by atoms with Crippen molar-refractivity contribution in [2.45, 2.75) is 50.7 Å². The number of carbonyl (C=O) groups is 2. The minimum Gasteiger partial charge on any atom is -0.493 e. The van der Waals surface area contributed by atoms with Crippen LogP contribution in [0.4, 0.5) is 4.79 Å². The van der Waals surface area contributed by atoms with Crippen molar-refractivity contribution in [1.29, 1.82) is 0 Å². The van der Waals surface area contributed by atoms with Crippen LogP contribution in [-0.4, -0.2) is 71.8 Å². The normalized spacial score (nSPS) is 21.3. The summed E-state index contributed by atoms with van der Waals surface area (Å²) in [4.78, 5) is 33.1. The molecule has 0 atom stereocenters. The molecule has 3 aliphatic heterocycles. The van der Waals surface area contributed by atoms with Crippen LogP contribution in [0.2, 0.25) is 0 Å². The number of urea groups is 1. The zero-order valence-corrected chi connectivity index (χ0v) is 20.3. The number of ether oxygens (including phenoxy) is 3. The molecule has 1 spiro atoms. The Morgan fingerprint density at radius 3 is 2.43 bits per heavy atom. The first kappa shape index (κ1) is 22.2. The number of amides is 3. The molecule has 2 fully saturated rings. The van der Waals surface area contributed by atoms with Gasteiger partial charge in [0.1, 0.15) is 5.54 Å². The number of imide groups is 1. The highest BCUT2D eigenvalue weighted by molar-refractivity contribution is 6.07. The molecule has 6 rings (SSSR count). The molecule has 0 bridgehead atoms. The maximum Gasteiger partial charge on any atom is 0.327 e. The van der Waals surface area contributed by atoms with Gasteiger partial charge < -0.3 is 19.1 Å². The summed E-state index contributed by atoms with van der Waals surface area (Å²) in [6, 6.07) is 12.1. The molecule has 3 amide bonds. The molecule has 1 aliphatic carbocycles. The SMILES string of the molecule is CCN1C(=O)N(C2Cc3ccccc3C2)C(=O)C12CCN(Cc1cc(OC)c3c(c1)OCO3)CC2. The zero-order valence-electron chi connectivity index (χ0n) is 20.3. The Morgan fingerprint density at radius 2 is 1.77 bits per heavy atom. The summed E-state index contributed by atoms with van der Waals surface area (Å²) in [5.41, 5.74) is 2.84. The molecule has 0 unspecified atom stereocenters. The average molecular weight is 478 g/mol. The molecule has 2 saturated heterocycles. The number of rotatable bonds is 5. The standard InChI is InChI=1S/C27H31N3O5/c1-3-29-26(32)30(21-14-19-6-4-5-7-20(19)15-21)25(31)27(29)8-10-28(11-9-27)16-18-12-22(33-2)24-23(13-18)34-17-35-24/h4-7,12-13,21H,3,8-11,14-17H2,1-2H3. The fraction of sp³-hybridized carbons (Fsp3) is 0.481. The van der Waals surface area contributed by atoms with Crippen molar-refractivity contribution < 1.29 is 23.8 Å². The smallest absolute Gasteiger partial charge is 0.327 e. The van der Waals surface area contributed by atoms with Gasteiger partial charge in [0.2, 0.25) is 12.5 Å². The first-order valence-electron chi connectivity index (χ1n) is 12.4. The lowest BCUT2D eigenvalue weighted by molar-refractivity contribution is -0.137. The van der Waals surface area contributed by atoms with E-state index in [2.05, 4.69) is 17.0 Å². The highest BCUT2D eigenvalue weighted by Gasteiger charge is 2.59. The van der Waals surface area contributed by atoms with Crippen molar-refractivity contribution in [1.82, 2.24) is 14.7 Å². The molecule has 2 aromatic carbocycles. The van der Waals surface area contributed by atoms with Crippen molar-refractivity contribution in [2.24, 2.45) is 0 Å². The van der Waals surface area contributed by atoms with Crippen molar-refractivity contribution in [3.8, 4) is 17.2 Å². The Labute approximate surface area is 205 Å². The minimum atomic E-state index is -0.732. The molecule has 4 aliphatic rings. The predicted molar refractivity (Wildman–Crippen MR) is 129 cm³/mol. The van der Waals surface area contributed by atoms with Crippen molar-refractivity contribution >= 4 is 11.9 Å². The number of piperidine rings is 1. The molecule has 0 N–H and O–H groups in total. The van der Waals surface area contributed by atoms with Gasteiger partial charge in [-0.15, -0.1) is 0 Å². The van der Waals surface area contributed by atoms with E-state index in [0.717, 1.165) is 38.0 Å². The monoisotopic (exact) mass is 477 g/mol. The first-order chi connectivity index (χ1) is 17.0. The van der Waals surface area contributed by atoms with Crippen LogP contribution in [0.15, 0.2) is 36.4 Å². The summed E-state index contributed by atoms with van der Waals surface area (Å²) >= 11 is 0. The van der Waals surface area contributed by atoms with E-state index >= 15 is 0 Å². The van der Waals surface area contributed by atoms with E-state index in [4.69, 9.17) is 14.2 Å². The summed E-state index contributed by atoms with van der Waals surface area (Å²) in [7, 11) is 1.63. The molecule has 0 saturated carbocycles. The first-order valence-corrected chi connectivity index (χ1v) is 12.4. The van der Waals surface area contributed by atoms with Crippen molar-refractivity contribution in [3.05, 3.63) is 53.1 Å². The molecule has 8 heteroatoms. The van der Waals surface area contributed by atoms with Gasteiger partial charge in [0.15, 0.2) is 11.5 Å². The topological polar surface area (TPSA) is 71.6 Å².